The van der Waals surface area contributed by atoms with Crippen LogP contribution in [0, 0.1) is 0 Å². The zero-order valence-electron chi connectivity index (χ0n) is 12.2. The van der Waals surface area contributed by atoms with E-state index in [1.165, 1.54) is 12.8 Å². The van der Waals surface area contributed by atoms with E-state index in [2.05, 4.69) is 10.2 Å². The van der Waals surface area contributed by atoms with Crippen LogP contribution < -0.4 is 5.32 Å². The molecule has 5 nitrogen and oxygen atoms in total. The first-order valence-electron chi connectivity index (χ1n) is 7.46. The van der Waals surface area contributed by atoms with Crippen LogP contribution in [-0.2, 0) is 16.0 Å². The number of anilines is 1. The number of likely N-dealkylation sites (tertiary alicyclic amines) is 1. The molecule has 114 valence electrons. The molecule has 1 heterocycles. The van der Waals surface area contributed by atoms with Crippen LogP contribution in [0.1, 0.15) is 31.2 Å². The number of hydrogen-bond acceptors (Lipinski definition) is 3. The van der Waals surface area contributed by atoms with Crippen LogP contribution in [0.25, 0.3) is 0 Å². The Hall–Kier alpha value is -1.88. The molecular formula is C16H22N2O3. The molecule has 0 atom stereocenters. The number of benzene rings is 1. The lowest BCUT2D eigenvalue weighted by molar-refractivity contribution is -0.137. The summed E-state index contributed by atoms with van der Waals surface area (Å²) in [7, 11) is 0. The second-order valence-electron chi connectivity index (χ2n) is 5.44. The molecule has 1 aliphatic heterocycles. The number of nitrogens with zero attached hydrogens (tertiary/aromatic N) is 1. The van der Waals surface area contributed by atoms with Crippen molar-refractivity contribution in [1.82, 2.24) is 4.90 Å². The molecular weight excluding hydrogens is 268 g/mol. The zero-order chi connectivity index (χ0) is 15.1. The monoisotopic (exact) mass is 290 g/mol. The van der Waals surface area contributed by atoms with E-state index in [0.29, 0.717) is 12.8 Å². The van der Waals surface area contributed by atoms with Crippen LogP contribution in [0.3, 0.4) is 0 Å². The number of aryl methyl sites for hydroxylation is 1. The number of carboxylic acids is 1. The first-order chi connectivity index (χ1) is 10.1. The predicted molar refractivity (Wildman–Crippen MR) is 81.3 cm³/mol. The van der Waals surface area contributed by atoms with Gasteiger partial charge in [-0.2, -0.15) is 0 Å². The molecule has 0 unspecified atom stereocenters. The Morgan fingerprint density at radius 1 is 1.10 bits per heavy atom. The molecule has 0 aromatic heterocycles. The molecule has 2 N–H and O–H groups in total. The predicted octanol–water partition coefficient (Wildman–Crippen LogP) is 2.13. The van der Waals surface area contributed by atoms with E-state index in [1.807, 2.05) is 24.3 Å². The van der Waals surface area contributed by atoms with Gasteiger partial charge in [0, 0.05) is 25.1 Å². The van der Waals surface area contributed by atoms with Gasteiger partial charge >= 0.3 is 5.97 Å². The van der Waals surface area contributed by atoms with Crippen LogP contribution in [0.4, 0.5) is 5.69 Å². The number of hydrogen-bond donors (Lipinski definition) is 2. The van der Waals surface area contributed by atoms with Gasteiger partial charge in [-0.05, 0) is 50.0 Å². The second kappa shape index (κ2) is 7.78. The van der Waals surface area contributed by atoms with Crippen LogP contribution in [0.5, 0.6) is 0 Å². The van der Waals surface area contributed by atoms with Crippen molar-refractivity contribution in [3.63, 3.8) is 0 Å². The van der Waals surface area contributed by atoms with E-state index >= 15 is 0 Å². The summed E-state index contributed by atoms with van der Waals surface area (Å²) in [5.41, 5.74) is 1.73. The number of carbonyl (C=O) groups is 2. The normalized spacial score (nSPS) is 15.0. The number of rotatable bonds is 7. The molecule has 1 aromatic rings. The molecule has 0 saturated carbocycles. The van der Waals surface area contributed by atoms with Gasteiger partial charge in [0.2, 0.25) is 5.91 Å². The minimum atomic E-state index is -0.797. The van der Waals surface area contributed by atoms with Gasteiger partial charge < -0.3 is 15.3 Å². The zero-order valence-corrected chi connectivity index (χ0v) is 12.2. The van der Waals surface area contributed by atoms with E-state index in [9.17, 15) is 9.59 Å². The Morgan fingerprint density at radius 3 is 2.38 bits per heavy atom. The summed E-state index contributed by atoms with van der Waals surface area (Å²) < 4.78 is 0. The third kappa shape index (κ3) is 5.55. The Bertz CT molecular complexity index is 479. The Labute approximate surface area is 125 Å². The third-order valence-corrected chi connectivity index (χ3v) is 3.72. The Morgan fingerprint density at radius 2 is 1.76 bits per heavy atom. The van der Waals surface area contributed by atoms with Crippen molar-refractivity contribution < 1.29 is 14.7 Å². The number of nitrogens with one attached hydrogen (secondary N) is 1. The molecule has 1 saturated heterocycles. The second-order valence-corrected chi connectivity index (χ2v) is 5.44. The van der Waals surface area contributed by atoms with Crippen LogP contribution >= 0.6 is 0 Å². The number of carbonyl (C=O) groups excluding carboxylic acids is 1. The SMILES string of the molecule is O=C(O)CCc1ccc(NC(=O)CCN2CCCC2)cc1. The quantitative estimate of drug-likeness (QED) is 0.807. The Balaban J connectivity index is 1.73. The van der Waals surface area contributed by atoms with Gasteiger partial charge in [0.25, 0.3) is 0 Å². The molecule has 1 amide bonds. The fourth-order valence-corrected chi connectivity index (χ4v) is 2.50. The number of amides is 1. The third-order valence-electron chi connectivity index (χ3n) is 3.72. The Kier molecular flexibility index (Phi) is 5.75. The van der Waals surface area contributed by atoms with Crippen molar-refractivity contribution in [3.05, 3.63) is 29.8 Å². The van der Waals surface area contributed by atoms with E-state index in [4.69, 9.17) is 5.11 Å². The van der Waals surface area contributed by atoms with Crippen molar-refractivity contribution in [2.75, 3.05) is 25.0 Å². The van der Waals surface area contributed by atoms with Gasteiger partial charge in [0.1, 0.15) is 0 Å². The summed E-state index contributed by atoms with van der Waals surface area (Å²) in [6, 6.07) is 7.37. The van der Waals surface area contributed by atoms with Crippen molar-refractivity contribution >= 4 is 17.6 Å². The van der Waals surface area contributed by atoms with E-state index in [1.54, 1.807) is 0 Å². The minimum Gasteiger partial charge on any atom is -0.481 e. The minimum absolute atomic E-state index is 0.0279. The van der Waals surface area contributed by atoms with Crippen molar-refractivity contribution in [2.45, 2.75) is 32.1 Å². The molecule has 2 rings (SSSR count). The maximum Gasteiger partial charge on any atom is 0.303 e. The van der Waals surface area contributed by atoms with E-state index in [0.717, 1.165) is 30.9 Å². The summed E-state index contributed by atoms with van der Waals surface area (Å²) in [6.07, 6.45) is 3.62. The molecule has 1 aromatic carbocycles. The molecule has 1 fully saturated rings. The summed E-state index contributed by atoms with van der Waals surface area (Å²) in [4.78, 5) is 24.7. The average Bonchev–Trinajstić information content (AvgIpc) is 2.98. The summed E-state index contributed by atoms with van der Waals surface area (Å²) >= 11 is 0. The lowest BCUT2D eigenvalue weighted by Crippen LogP contribution is -2.25. The van der Waals surface area contributed by atoms with Crippen molar-refractivity contribution in [2.24, 2.45) is 0 Å². The summed E-state index contributed by atoms with van der Waals surface area (Å²) in [5.74, 6) is -0.769. The molecule has 0 aliphatic carbocycles. The fourth-order valence-electron chi connectivity index (χ4n) is 2.50. The molecule has 21 heavy (non-hydrogen) atoms. The number of carboxylic acid groups (broad SMARTS) is 1. The highest BCUT2D eigenvalue weighted by Gasteiger charge is 2.12. The van der Waals surface area contributed by atoms with Crippen LogP contribution in [0.2, 0.25) is 0 Å². The van der Waals surface area contributed by atoms with Crippen molar-refractivity contribution in [3.8, 4) is 0 Å². The van der Waals surface area contributed by atoms with Crippen LogP contribution in [-0.4, -0.2) is 41.5 Å². The molecule has 0 bridgehead atoms. The summed E-state index contributed by atoms with van der Waals surface area (Å²) in [5, 5.41) is 11.5. The largest absolute Gasteiger partial charge is 0.481 e. The van der Waals surface area contributed by atoms with Gasteiger partial charge in [-0.1, -0.05) is 12.1 Å². The first kappa shape index (κ1) is 15.5. The highest BCUT2D eigenvalue weighted by atomic mass is 16.4. The van der Waals surface area contributed by atoms with E-state index < -0.39 is 5.97 Å². The van der Waals surface area contributed by atoms with Crippen molar-refractivity contribution in [1.29, 1.82) is 0 Å². The summed E-state index contributed by atoms with van der Waals surface area (Å²) in [6.45, 7) is 3.03. The molecule has 1 aliphatic rings. The molecule has 0 spiro atoms. The van der Waals surface area contributed by atoms with Gasteiger partial charge in [0.15, 0.2) is 0 Å². The van der Waals surface area contributed by atoms with Gasteiger partial charge in [0.05, 0.1) is 0 Å². The van der Waals surface area contributed by atoms with Gasteiger partial charge in [-0.25, -0.2) is 0 Å². The lowest BCUT2D eigenvalue weighted by atomic mass is 10.1. The molecule has 5 heteroatoms. The lowest BCUT2D eigenvalue weighted by Gasteiger charge is -2.14. The van der Waals surface area contributed by atoms with Gasteiger partial charge in [-0.3, -0.25) is 9.59 Å². The average molecular weight is 290 g/mol. The number of aliphatic carboxylic acids is 1. The molecule has 0 radical (unpaired) electrons. The fraction of sp³-hybridized carbons (Fsp3) is 0.500. The van der Waals surface area contributed by atoms with Gasteiger partial charge in [-0.15, -0.1) is 0 Å². The highest BCUT2D eigenvalue weighted by molar-refractivity contribution is 5.90. The standard InChI is InChI=1S/C16H22N2O3/c19-15(9-12-18-10-1-2-11-18)17-14-6-3-13(4-7-14)5-8-16(20)21/h3-4,6-7H,1-2,5,8-12H2,(H,17,19)(H,20,21). The van der Waals surface area contributed by atoms with Crippen LogP contribution in [0.15, 0.2) is 24.3 Å². The maximum atomic E-state index is 11.9. The smallest absolute Gasteiger partial charge is 0.303 e. The first-order valence-corrected chi connectivity index (χ1v) is 7.46. The topological polar surface area (TPSA) is 69.6 Å². The van der Waals surface area contributed by atoms with E-state index in [-0.39, 0.29) is 12.3 Å². The highest BCUT2D eigenvalue weighted by Crippen LogP contribution is 2.12. The maximum absolute atomic E-state index is 11.9.